The molecule has 1 N–H and O–H groups in total. The fraction of sp³-hybridized carbons (Fsp3) is 0.182. The van der Waals surface area contributed by atoms with Crippen LogP contribution in [-0.2, 0) is 16.0 Å². The number of benzene rings is 1. The van der Waals surface area contributed by atoms with E-state index in [2.05, 4.69) is 20.7 Å². The summed E-state index contributed by atoms with van der Waals surface area (Å²) in [4.78, 5) is 10.8. The first-order chi connectivity index (χ1) is 7.13. The van der Waals surface area contributed by atoms with Gasteiger partial charge < -0.3 is 9.84 Å². The zero-order valence-corrected chi connectivity index (χ0v) is 9.82. The summed E-state index contributed by atoms with van der Waals surface area (Å²) in [6.45, 7) is 0. The third kappa shape index (κ3) is 3.75. The molecule has 0 heterocycles. The highest BCUT2D eigenvalue weighted by Crippen LogP contribution is 2.11. The second-order valence-electron chi connectivity index (χ2n) is 2.91. The van der Waals surface area contributed by atoms with Gasteiger partial charge in [-0.2, -0.15) is 0 Å². The molecule has 3 nitrogen and oxygen atoms in total. The van der Waals surface area contributed by atoms with Gasteiger partial charge >= 0.3 is 5.97 Å². The smallest absolute Gasteiger partial charge is 0.372 e. The minimum Gasteiger partial charge on any atom is -0.502 e. The fourth-order valence-electron chi connectivity index (χ4n) is 1.02. The minimum absolute atomic E-state index is 0.361. The Morgan fingerprint density at radius 2 is 2.07 bits per heavy atom. The van der Waals surface area contributed by atoms with Crippen LogP contribution in [0.1, 0.15) is 5.56 Å². The summed E-state index contributed by atoms with van der Waals surface area (Å²) in [7, 11) is 1.23. The van der Waals surface area contributed by atoms with Gasteiger partial charge in [0.2, 0.25) is 0 Å². The monoisotopic (exact) mass is 270 g/mol. The lowest BCUT2D eigenvalue weighted by molar-refractivity contribution is -0.139. The Morgan fingerprint density at radius 1 is 1.47 bits per heavy atom. The van der Waals surface area contributed by atoms with Crippen molar-refractivity contribution in [3.8, 4) is 0 Å². The molecule has 0 unspecified atom stereocenters. The van der Waals surface area contributed by atoms with Crippen molar-refractivity contribution in [3.63, 3.8) is 0 Å². The maximum atomic E-state index is 10.8. The number of hydrogen-bond acceptors (Lipinski definition) is 3. The lowest BCUT2D eigenvalue weighted by Crippen LogP contribution is -2.04. The largest absolute Gasteiger partial charge is 0.502 e. The standard InChI is InChI=1S/C11H11BrO3/c1-15-11(14)10(13)7-4-8-2-5-9(12)6-3-8/h2-3,5-7,13H,4H2,1H3. The van der Waals surface area contributed by atoms with E-state index in [0.717, 1.165) is 10.0 Å². The maximum Gasteiger partial charge on any atom is 0.372 e. The molecule has 80 valence electrons. The van der Waals surface area contributed by atoms with Crippen LogP contribution >= 0.6 is 15.9 Å². The second-order valence-corrected chi connectivity index (χ2v) is 3.83. The summed E-state index contributed by atoms with van der Waals surface area (Å²) >= 11 is 3.32. The highest BCUT2D eigenvalue weighted by molar-refractivity contribution is 9.10. The molecule has 0 aliphatic carbocycles. The van der Waals surface area contributed by atoms with Gasteiger partial charge in [0.25, 0.3) is 0 Å². The van der Waals surface area contributed by atoms with Crippen LogP contribution in [0.3, 0.4) is 0 Å². The van der Waals surface area contributed by atoms with Gasteiger partial charge in [-0.15, -0.1) is 0 Å². The molecule has 0 aliphatic heterocycles. The molecule has 0 spiro atoms. The van der Waals surface area contributed by atoms with Crippen molar-refractivity contribution in [1.82, 2.24) is 0 Å². The van der Waals surface area contributed by atoms with E-state index in [-0.39, 0.29) is 5.76 Å². The SMILES string of the molecule is COC(=O)C(O)=CCc1ccc(Br)cc1. The molecule has 1 aromatic rings. The lowest BCUT2D eigenvalue weighted by Gasteiger charge is -1.99. The molecule has 0 fully saturated rings. The highest BCUT2D eigenvalue weighted by Gasteiger charge is 2.05. The summed E-state index contributed by atoms with van der Waals surface area (Å²) in [6, 6.07) is 7.62. The number of carbonyl (C=O) groups excluding carboxylic acids is 1. The molecule has 0 atom stereocenters. The third-order valence-corrected chi connectivity index (χ3v) is 2.37. The number of aliphatic hydroxyl groups is 1. The van der Waals surface area contributed by atoms with Gasteiger partial charge in [0.1, 0.15) is 0 Å². The summed E-state index contributed by atoms with van der Waals surface area (Å²) in [5, 5.41) is 9.21. The van der Waals surface area contributed by atoms with Crippen molar-refractivity contribution in [3.05, 3.63) is 46.1 Å². The van der Waals surface area contributed by atoms with Crippen molar-refractivity contribution in [2.75, 3.05) is 7.11 Å². The Kier molecular flexibility index (Phi) is 4.37. The summed E-state index contributed by atoms with van der Waals surface area (Å²) in [5.41, 5.74) is 1.01. The Hall–Kier alpha value is -1.29. The van der Waals surface area contributed by atoms with Gasteiger partial charge in [-0.3, -0.25) is 0 Å². The summed E-state index contributed by atoms with van der Waals surface area (Å²) < 4.78 is 5.35. The molecule has 0 aliphatic rings. The van der Waals surface area contributed by atoms with Crippen LogP contribution in [-0.4, -0.2) is 18.2 Å². The molecule has 1 rings (SSSR count). The fourth-order valence-corrected chi connectivity index (χ4v) is 1.29. The molecule has 0 bridgehead atoms. The average molecular weight is 271 g/mol. The first-order valence-corrected chi connectivity index (χ1v) is 5.14. The van der Waals surface area contributed by atoms with Gasteiger partial charge in [-0.05, 0) is 30.2 Å². The molecule has 4 heteroatoms. The number of allylic oxidation sites excluding steroid dienone is 1. The maximum absolute atomic E-state index is 10.8. The second kappa shape index (κ2) is 5.56. The lowest BCUT2D eigenvalue weighted by atomic mass is 10.1. The first-order valence-electron chi connectivity index (χ1n) is 4.35. The molecule has 0 saturated carbocycles. The van der Waals surface area contributed by atoms with Crippen LogP contribution in [0.15, 0.2) is 40.6 Å². The number of hydrogen-bond donors (Lipinski definition) is 1. The molecular weight excluding hydrogens is 260 g/mol. The number of methoxy groups -OCH3 is 1. The van der Waals surface area contributed by atoms with Crippen molar-refractivity contribution in [2.24, 2.45) is 0 Å². The molecule has 0 radical (unpaired) electrons. The number of carbonyl (C=O) groups is 1. The molecule has 0 amide bonds. The van der Waals surface area contributed by atoms with Crippen LogP contribution in [0.5, 0.6) is 0 Å². The molecule has 0 saturated heterocycles. The van der Waals surface area contributed by atoms with Crippen molar-refractivity contribution in [2.45, 2.75) is 6.42 Å². The van der Waals surface area contributed by atoms with Crippen molar-refractivity contribution in [1.29, 1.82) is 0 Å². The highest BCUT2D eigenvalue weighted by atomic mass is 79.9. The normalized spacial score (nSPS) is 11.2. The zero-order chi connectivity index (χ0) is 11.3. The van der Waals surface area contributed by atoms with E-state index in [4.69, 9.17) is 0 Å². The van der Waals surface area contributed by atoms with E-state index in [0.29, 0.717) is 6.42 Å². The molecule has 15 heavy (non-hydrogen) atoms. The predicted molar refractivity (Wildman–Crippen MR) is 60.6 cm³/mol. The van der Waals surface area contributed by atoms with E-state index in [1.54, 1.807) is 0 Å². The van der Waals surface area contributed by atoms with E-state index in [9.17, 15) is 9.90 Å². The minimum atomic E-state index is -0.716. The number of esters is 1. The van der Waals surface area contributed by atoms with Gasteiger partial charge in [-0.25, -0.2) is 4.79 Å². The van der Waals surface area contributed by atoms with Gasteiger partial charge in [0.05, 0.1) is 7.11 Å². The Labute approximate surface area is 96.5 Å². The average Bonchev–Trinajstić information content (AvgIpc) is 2.26. The predicted octanol–water partition coefficient (Wildman–Crippen LogP) is 2.61. The quantitative estimate of drug-likeness (QED) is 0.522. The van der Waals surface area contributed by atoms with Crippen LogP contribution in [0.4, 0.5) is 0 Å². The topological polar surface area (TPSA) is 46.5 Å². The van der Waals surface area contributed by atoms with Gasteiger partial charge in [0, 0.05) is 4.47 Å². The number of rotatable bonds is 3. The van der Waals surface area contributed by atoms with Gasteiger partial charge in [-0.1, -0.05) is 28.1 Å². The number of halogens is 1. The first kappa shape index (κ1) is 11.8. The van der Waals surface area contributed by atoms with Crippen LogP contribution in [0, 0.1) is 0 Å². The van der Waals surface area contributed by atoms with E-state index < -0.39 is 5.97 Å². The molecule has 0 aromatic heterocycles. The Bertz CT molecular complexity index is 368. The van der Waals surface area contributed by atoms with Crippen LogP contribution < -0.4 is 0 Å². The third-order valence-electron chi connectivity index (χ3n) is 1.84. The van der Waals surface area contributed by atoms with Crippen molar-refractivity contribution < 1.29 is 14.6 Å². The molecule has 1 aromatic carbocycles. The summed E-state index contributed by atoms with van der Waals surface area (Å²) in [6.07, 6.45) is 1.92. The summed E-state index contributed by atoms with van der Waals surface area (Å²) in [5.74, 6) is -1.08. The number of aliphatic hydroxyl groups excluding tert-OH is 1. The van der Waals surface area contributed by atoms with Crippen LogP contribution in [0.2, 0.25) is 0 Å². The van der Waals surface area contributed by atoms with E-state index in [1.165, 1.54) is 13.2 Å². The molecular formula is C11H11BrO3. The van der Waals surface area contributed by atoms with Gasteiger partial charge in [0.15, 0.2) is 5.76 Å². The Morgan fingerprint density at radius 3 is 2.60 bits per heavy atom. The van der Waals surface area contributed by atoms with E-state index in [1.807, 2.05) is 24.3 Å². The Balaban J connectivity index is 2.63. The number of ether oxygens (including phenoxy) is 1. The van der Waals surface area contributed by atoms with E-state index >= 15 is 0 Å². The van der Waals surface area contributed by atoms with Crippen LogP contribution in [0.25, 0.3) is 0 Å². The zero-order valence-electron chi connectivity index (χ0n) is 8.24. The van der Waals surface area contributed by atoms with Crippen molar-refractivity contribution >= 4 is 21.9 Å².